The van der Waals surface area contributed by atoms with Crippen LogP contribution in [0.3, 0.4) is 0 Å². The number of hydrogen-bond acceptors (Lipinski definition) is 2. The fourth-order valence-corrected chi connectivity index (χ4v) is 8.97. The van der Waals surface area contributed by atoms with E-state index in [2.05, 4.69) is 170 Å². The van der Waals surface area contributed by atoms with Gasteiger partial charge in [0.25, 0.3) is 0 Å². The molecule has 2 heteroatoms. The van der Waals surface area contributed by atoms with Crippen LogP contribution in [0.1, 0.15) is 0 Å². The number of benzene rings is 10. The zero-order valence-electron chi connectivity index (χ0n) is 29.1. The van der Waals surface area contributed by atoms with Crippen molar-refractivity contribution < 1.29 is 8.83 Å². The Balaban J connectivity index is 0.987. The van der Waals surface area contributed by atoms with Gasteiger partial charge >= 0.3 is 0 Å². The Labute approximate surface area is 310 Å². The summed E-state index contributed by atoms with van der Waals surface area (Å²) in [5, 5.41) is 14.2. The van der Waals surface area contributed by atoms with Gasteiger partial charge in [-0.3, -0.25) is 0 Å². The average Bonchev–Trinajstić information content (AvgIpc) is 3.79. The minimum absolute atomic E-state index is 0.847. The number of para-hydroxylation sites is 1. The van der Waals surface area contributed by atoms with Crippen LogP contribution in [0.2, 0.25) is 0 Å². The molecule has 0 atom stereocenters. The van der Waals surface area contributed by atoms with Crippen LogP contribution in [0.4, 0.5) is 0 Å². The Hall–Kier alpha value is -7.16. The summed E-state index contributed by atoms with van der Waals surface area (Å²) in [5.74, 6) is 0. The van der Waals surface area contributed by atoms with Gasteiger partial charge in [0.2, 0.25) is 0 Å². The molecule has 0 aliphatic rings. The van der Waals surface area contributed by atoms with Gasteiger partial charge in [0.15, 0.2) is 0 Å². The highest BCUT2D eigenvalue weighted by Gasteiger charge is 2.19. The maximum absolute atomic E-state index is 6.62. The van der Waals surface area contributed by atoms with Crippen LogP contribution in [0.5, 0.6) is 0 Å². The molecule has 2 aromatic heterocycles. The monoisotopic (exact) mass is 686 g/mol. The molecule has 0 aliphatic heterocycles. The first-order valence-electron chi connectivity index (χ1n) is 18.5. The number of furan rings is 2. The van der Waals surface area contributed by atoms with Crippen LogP contribution < -0.4 is 0 Å². The van der Waals surface area contributed by atoms with E-state index in [1.165, 1.54) is 71.1 Å². The van der Waals surface area contributed by atoms with E-state index in [9.17, 15) is 0 Å². The van der Waals surface area contributed by atoms with Crippen molar-refractivity contribution in [2.24, 2.45) is 0 Å². The van der Waals surface area contributed by atoms with Crippen molar-refractivity contribution >= 4 is 87.0 Å². The van der Waals surface area contributed by atoms with Crippen LogP contribution in [-0.4, -0.2) is 0 Å². The lowest BCUT2D eigenvalue weighted by Gasteiger charge is -2.19. The summed E-state index contributed by atoms with van der Waals surface area (Å²) < 4.78 is 12.8. The lowest BCUT2D eigenvalue weighted by Crippen LogP contribution is -1.91. The fraction of sp³-hybridized carbons (Fsp3) is 0. The van der Waals surface area contributed by atoms with Gasteiger partial charge < -0.3 is 8.83 Å². The quantitative estimate of drug-likeness (QED) is 0.173. The Morgan fingerprint density at radius 3 is 1.69 bits per heavy atom. The molecule has 0 saturated heterocycles. The Morgan fingerprint density at radius 1 is 0.278 bits per heavy atom. The summed E-state index contributed by atoms with van der Waals surface area (Å²) in [6.07, 6.45) is 0. The zero-order chi connectivity index (χ0) is 35.3. The second-order valence-electron chi connectivity index (χ2n) is 14.4. The summed E-state index contributed by atoms with van der Waals surface area (Å²) >= 11 is 0. The first-order chi connectivity index (χ1) is 26.8. The van der Waals surface area contributed by atoms with E-state index in [0.717, 1.165) is 49.3 Å². The molecule has 0 radical (unpaired) electrons. The lowest BCUT2D eigenvalue weighted by molar-refractivity contribution is 0.663. The minimum Gasteiger partial charge on any atom is -0.456 e. The van der Waals surface area contributed by atoms with E-state index in [-0.39, 0.29) is 0 Å². The van der Waals surface area contributed by atoms with E-state index in [0.29, 0.717) is 0 Å². The van der Waals surface area contributed by atoms with Gasteiger partial charge in [-0.2, -0.15) is 0 Å². The number of fused-ring (bicyclic) bond motifs is 11. The van der Waals surface area contributed by atoms with E-state index in [1.807, 2.05) is 12.1 Å². The van der Waals surface area contributed by atoms with Crippen molar-refractivity contribution in [1.29, 1.82) is 0 Å². The number of rotatable bonds is 3. The first kappa shape index (κ1) is 29.4. The second-order valence-corrected chi connectivity index (χ2v) is 14.4. The maximum atomic E-state index is 6.62. The lowest BCUT2D eigenvalue weighted by atomic mass is 9.84. The second kappa shape index (κ2) is 11.2. The fourth-order valence-electron chi connectivity index (χ4n) is 8.97. The molecule has 0 fully saturated rings. The molecular weight excluding hydrogens is 657 g/mol. The van der Waals surface area contributed by atoms with E-state index >= 15 is 0 Å². The molecule has 12 aromatic rings. The number of hydrogen-bond donors (Lipinski definition) is 0. The third-order valence-electron chi connectivity index (χ3n) is 11.4. The predicted molar refractivity (Wildman–Crippen MR) is 227 cm³/mol. The normalized spacial score (nSPS) is 12.1. The smallest absolute Gasteiger partial charge is 0.147 e. The standard InChI is InChI=1S/C52H30O2/c1-2-12-37-32(10-1)11-9-18-38(37)50-41-15-5-3-13-39(41)49(40-14-4-6-16-42(40)50)33-22-20-31(21-23-33)34-24-25-35-29-45-43-26-27-47-51(44-17-7-8-19-46(44)53-47)52(43)54-48(45)30-36(35)28-34/h1-30H. The van der Waals surface area contributed by atoms with Crippen LogP contribution >= 0.6 is 0 Å². The molecule has 250 valence electrons. The molecule has 0 bridgehead atoms. The molecule has 0 saturated carbocycles. The maximum Gasteiger partial charge on any atom is 0.147 e. The molecule has 10 aromatic carbocycles. The van der Waals surface area contributed by atoms with E-state index < -0.39 is 0 Å². The molecule has 54 heavy (non-hydrogen) atoms. The molecule has 2 nitrogen and oxygen atoms in total. The van der Waals surface area contributed by atoms with Crippen molar-refractivity contribution in [1.82, 2.24) is 0 Å². The molecule has 2 heterocycles. The van der Waals surface area contributed by atoms with E-state index in [1.54, 1.807) is 0 Å². The van der Waals surface area contributed by atoms with Crippen LogP contribution in [-0.2, 0) is 0 Å². The van der Waals surface area contributed by atoms with E-state index in [4.69, 9.17) is 8.83 Å². The molecule has 0 N–H and O–H groups in total. The SMILES string of the molecule is c1ccc2c(-c3c4ccccc4c(-c4ccc(-c5ccc6cc7c(cc6c5)oc5c7ccc6oc7ccccc7c65)cc4)c4ccccc34)cccc2c1. The van der Waals surface area contributed by atoms with Gasteiger partial charge in [-0.05, 0) is 113 Å². The molecular formula is C52H30O2. The summed E-state index contributed by atoms with van der Waals surface area (Å²) in [6.45, 7) is 0. The van der Waals surface area contributed by atoms with Crippen LogP contribution in [0.25, 0.3) is 120 Å². The Bertz CT molecular complexity index is 3430. The highest BCUT2D eigenvalue weighted by molar-refractivity contribution is 6.24. The highest BCUT2D eigenvalue weighted by atomic mass is 16.3. The van der Waals surface area contributed by atoms with Crippen LogP contribution in [0, 0.1) is 0 Å². The average molecular weight is 687 g/mol. The molecule has 0 spiro atoms. The third kappa shape index (κ3) is 4.22. The van der Waals surface area contributed by atoms with Gasteiger partial charge in [-0.15, -0.1) is 0 Å². The molecule has 12 rings (SSSR count). The summed E-state index contributed by atoms with van der Waals surface area (Å²) in [7, 11) is 0. The van der Waals surface area contributed by atoms with Gasteiger partial charge in [-0.25, -0.2) is 0 Å². The topological polar surface area (TPSA) is 26.3 Å². The van der Waals surface area contributed by atoms with Gasteiger partial charge in [0, 0.05) is 16.2 Å². The Kier molecular flexibility index (Phi) is 6.09. The molecule has 0 aliphatic carbocycles. The van der Waals surface area contributed by atoms with Gasteiger partial charge in [0.05, 0.1) is 5.39 Å². The van der Waals surface area contributed by atoms with Crippen molar-refractivity contribution in [2.75, 3.05) is 0 Å². The first-order valence-corrected chi connectivity index (χ1v) is 18.5. The van der Waals surface area contributed by atoms with Crippen molar-refractivity contribution in [3.63, 3.8) is 0 Å². The summed E-state index contributed by atoms with van der Waals surface area (Å²) in [5.41, 5.74) is 10.9. The van der Waals surface area contributed by atoms with Crippen molar-refractivity contribution in [3.8, 4) is 33.4 Å². The zero-order valence-corrected chi connectivity index (χ0v) is 29.1. The largest absolute Gasteiger partial charge is 0.456 e. The van der Waals surface area contributed by atoms with Gasteiger partial charge in [0.1, 0.15) is 22.3 Å². The summed E-state index contributed by atoms with van der Waals surface area (Å²) in [4.78, 5) is 0. The van der Waals surface area contributed by atoms with Crippen molar-refractivity contribution in [2.45, 2.75) is 0 Å². The Morgan fingerprint density at radius 2 is 0.907 bits per heavy atom. The van der Waals surface area contributed by atoms with Gasteiger partial charge in [-0.1, -0.05) is 146 Å². The highest BCUT2D eigenvalue weighted by Crippen LogP contribution is 2.46. The predicted octanol–water partition coefficient (Wildman–Crippen LogP) is 15.1. The van der Waals surface area contributed by atoms with Crippen molar-refractivity contribution in [3.05, 3.63) is 182 Å². The molecule has 0 amide bonds. The summed E-state index contributed by atoms with van der Waals surface area (Å²) in [6, 6.07) is 65.8. The minimum atomic E-state index is 0.847. The molecule has 0 unspecified atom stereocenters. The van der Waals surface area contributed by atoms with Crippen LogP contribution in [0.15, 0.2) is 191 Å². The third-order valence-corrected chi connectivity index (χ3v) is 11.4.